The van der Waals surface area contributed by atoms with Crippen LogP contribution in [-0.4, -0.2) is 18.6 Å². The van der Waals surface area contributed by atoms with Crippen LogP contribution in [0, 0.1) is 0 Å². The highest BCUT2D eigenvalue weighted by Crippen LogP contribution is 2.28. The highest BCUT2D eigenvalue weighted by molar-refractivity contribution is 9.10. The van der Waals surface area contributed by atoms with Crippen LogP contribution in [0.15, 0.2) is 52.2 Å². The van der Waals surface area contributed by atoms with Crippen molar-refractivity contribution in [2.45, 2.75) is 19.9 Å². The topological polar surface area (TPSA) is 67.4 Å². The van der Waals surface area contributed by atoms with Crippen molar-refractivity contribution < 1.29 is 14.3 Å². The number of halogens is 1. The molecule has 1 heterocycles. The van der Waals surface area contributed by atoms with Crippen molar-refractivity contribution in [1.29, 1.82) is 0 Å². The van der Waals surface area contributed by atoms with E-state index < -0.39 is 12.0 Å². The van der Waals surface area contributed by atoms with Crippen LogP contribution < -0.4 is 10.6 Å². The lowest BCUT2D eigenvalue weighted by Crippen LogP contribution is -2.45. The summed E-state index contributed by atoms with van der Waals surface area (Å²) in [5.41, 5.74) is 1.73. The minimum atomic E-state index is -0.528. The summed E-state index contributed by atoms with van der Waals surface area (Å²) in [6, 6.07) is 6.57. The van der Waals surface area contributed by atoms with Gasteiger partial charge in [0.05, 0.1) is 11.6 Å². The minimum Gasteiger partial charge on any atom is -0.458 e. The van der Waals surface area contributed by atoms with Gasteiger partial charge in [0.1, 0.15) is 6.61 Å². The molecule has 1 aliphatic heterocycles. The largest absolute Gasteiger partial charge is 0.458 e. The number of benzene rings is 1. The molecule has 1 aromatic rings. The van der Waals surface area contributed by atoms with E-state index in [1.54, 1.807) is 13.0 Å². The van der Waals surface area contributed by atoms with E-state index in [0.29, 0.717) is 11.3 Å². The van der Waals surface area contributed by atoms with Crippen molar-refractivity contribution in [3.63, 3.8) is 0 Å². The first-order valence-corrected chi connectivity index (χ1v) is 7.64. The van der Waals surface area contributed by atoms with Crippen LogP contribution in [0.4, 0.5) is 4.79 Å². The van der Waals surface area contributed by atoms with Crippen LogP contribution in [-0.2, 0) is 9.53 Å². The van der Waals surface area contributed by atoms with Gasteiger partial charge in [-0.05, 0) is 31.5 Å². The molecule has 6 heteroatoms. The molecule has 0 spiro atoms. The number of nitrogens with one attached hydrogen (secondary N) is 2. The zero-order valence-electron chi connectivity index (χ0n) is 12.4. The van der Waals surface area contributed by atoms with Gasteiger partial charge in [-0.25, -0.2) is 9.59 Å². The van der Waals surface area contributed by atoms with Gasteiger partial charge in [-0.2, -0.15) is 0 Å². The number of ether oxygens (including phenoxy) is 1. The Morgan fingerprint density at radius 3 is 2.68 bits per heavy atom. The van der Waals surface area contributed by atoms with Crippen LogP contribution >= 0.6 is 15.9 Å². The summed E-state index contributed by atoms with van der Waals surface area (Å²) in [5, 5.41) is 5.38. The van der Waals surface area contributed by atoms with Crippen molar-refractivity contribution >= 4 is 27.9 Å². The van der Waals surface area contributed by atoms with Gasteiger partial charge in [0.2, 0.25) is 0 Å². The molecule has 0 unspecified atom stereocenters. The third-order valence-electron chi connectivity index (χ3n) is 3.24. The minimum absolute atomic E-state index is 0.202. The van der Waals surface area contributed by atoms with Crippen molar-refractivity contribution in [3.8, 4) is 0 Å². The Kier molecular flexibility index (Phi) is 5.38. The Balaban J connectivity index is 2.32. The molecule has 0 bridgehead atoms. The lowest BCUT2D eigenvalue weighted by Gasteiger charge is -2.28. The molecule has 1 atom stereocenters. The monoisotopic (exact) mass is 364 g/mol. The summed E-state index contributed by atoms with van der Waals surface area (Å²) in [5.74, 6) is -0.448. The zero-order valence-corrected chi connectivity index (χ0v) is 13.9. The first-order chi connectivity index (χ1) is 10.5. The fourth-order valence-electron chi connectivity index (χ4n) is 2.17. The van der Waals surface area contributed by atoms with E-state index in [2.05, 4.69) is 26.6 Å². The second-order valence-corrected chi connectivity index (χ2v) is 5.70. The van der Waals surface area contributed by atoms with Crippen molar-refractivity contribution in [3.05, 3.63) is 57.7 Å². The van der Waals surface area contributed by atoms with Gasteiger partial charge in [0, 0.05) is 10.2 Å². The third-order valence-corrected chi connectivity index (χ3v) is 3.77. The average Bonchev–Trinajstić information content (AvgIpc) is 2.47. The number of amides is 2. The molecule has 0 saturated carbocycles. The average molecular weight is 365 g/mol. The number of allylic oxidation sites excluding steroid dienone is 2. The predicted octanol–water partition coefficient (Wildman–Crippen LogP) is 3.20. The smallest absolute Gasteiger partial charge is 0.338 e. The SMILES string of the molecule is C/C=C/COC(=O)C1=C(C)NC(=O)N[C@H]1c1ccc(Br)cc1. The molecule has 5 nitrogen and oxygen atoms in total. The Hall–Kier alpha value is -2.08. The van der Waals surface area contributed by atoms with Gasteiger partial charge in [-0.3, -0.25) is 0 Å². The number of carbonyl (C=O) groups excluding carboxylic acids is 2. The molecule has 2 amide bonds. The van der Waals surface area contributed by atoms with Crippen LogP contribution in [0.5, 0.6) is 0 Å². The van der Waals surface area contributed by atoms with Gasteiger partial charge in [-0.1, -0.05) is 40.2 Å². The van der Waals surface area contributed by atoms with Gasteiger partial charge in [-0.15, -0.1) is 0 Å². The van der Waals surface area contributed by atoms with E-state index in [1.165, 1.54) is 0 Å². The van der Waals surface area contributed by atoms with Gasteiger partial charge < -0.3 is 15.4 Å². The van der Waals surface area contributed by atoms with Crippen molar-refractivity contribution in [2.75, 3.05) is 6.61 Å². The van der Waals surface area contributed by atoms with Gasteiger partial charge in [0.25, 0.3) is 0 Å². The number of carbonyl (C=O) groups is 2. The van der Waals surface area contributed by atoms with Crippen molar-refractivity contribution in [2.24, 2.45) is 0 Å². The number of esters is 1. The van der Waals surface area contributed by atoms with E-state index in [1.807, 2.05) is 37.3 Å². The summed E-state index contributed by atoms with van der Waals surface area (Å²) >= 11 is 3.37. The summed E-state index contributed by atoms with van der Waals surface area (Å²) in [4.78, 5) is 24.0. The molecule has 0 radical (unpaired) electrons. The van der Waals surface area contributed by atoms with Crippen LogP contribution in [0.25, 0.3) is 0 Å². The lowest BCUT2D eigenvalue weighted by molar-refractivity contribution is -0.138. The maximum absolute atomic E-state index is 12.3. The third kappa shape index (κ3) is 3.76. The van der Waals surface area contributed by atoms with Crippen LogP contribution in [0.1, 0.15) is 25.5 Å². The van der Waals surface area contributed by atoms with E-state index >= 15 is 0 Å². The maximum atomic E-state index is 12.3. The summed E-state index contributed by atoms with van der Waals surface area (Å²) in [6.45, 7) is 3.75. The first-order valence-electron chi connectivity index (χ1n) is 6.85. The Morgan fingerprint density at radius 2 is 2.05 bits per heavy atom. The second-order valence-electron chi connectivity index (χ2n) is 4.79. The zero-order chi connectivity index (χ0) is 16.1. The van der Waals surface area contributed by atoms with Gasteiger partial charge >= 0.3 is 12.0 Å². The van der Waals surface area contributed by atoms with E-state index in [9.17, 15) is 9.59 Å². The first kappa shape index (κ1) is 16.3. The quantitative estimate of drug-likeness (QED) is 0.636. The molecule has 0 saturated heterocycles. The van der Waals surface area contributed by atoms with Crippen LogP contribution in [0.3, 0.4) is 0 Å². The number of rotatable bonds is 4. The normalized spacial score (nSPS) is 18.1. The summed E-state index contributed by atoms with van der Waals surface area (Å²) in [6.07, 6.45) is 3.55. The molecule has 116 valence electrons. The molecular weight excluding hydrogens is 348 g/mol. The molecule has 0 aromatic heterocycles. The fourth-order valence-corrected chi connectivity index (χ4v) is 2.43. The van der Waals surface area contributed by atoms with Gasteiger partial charge in [0.15, 0.2) is 0 Å². The maximum Gasteiger partial charge on any atom is 0.338 e. The Labute approximate surface area is 137 Å². The molecule has 0 aliphatic carbocycles. The molecule has 2 rings (SSSR count). The Morgan fingerprint density at radius 1 is 1.36 bits per heavy atom. The standard InChI is InChI=1S/C16H17BrN2O3/c1-3-4-9-22-15(20)13-10(2)18-16(21)19-14(13)11-5-7-12(17)8-6-11/h3-8,14H,9H2,1-2H3,(H2,18,19,21)/b4-3+/t14-/m0/s1. The molecule has 1 aliphatic rings. The Bertz CT molecular complexity index is 635. The molecule has 2 N–H and O–H groups in total. The summed E-state index contributed by atoms with van der Waals surface area (Å²) < 4.78 is 6.14. The number of urea groups is 1. The van der Waals surface area contributed by atoms with Crippen LogP contribution in [0.2, 0.25) is 0 Å². The lowest BCUT2D eigenvalue weighted by atomic mass is 9.96. The summed E-state index contributed by atoms with van der Waals surface area (Å²) in [7, 11) is 0. The molecule has 0 fully saturated rings. The van der Waals surface area contributed by atoms with E-state index in [4.69, 9.17) is 4.74 Å². The highest BCUT2D eigenvalue weighted by atomic mass is 79.9. The van der Waals surface area contributed by atoms with Crippen molar-refractivity contribution in [1.82, 2.24) is 10.6 Å². The highest BCUT2D eigenvalue weighted by Gasteiger charge is 2.31. The number of hydrogen-bond donors (Lipinski definition) is 2. The predicted molar refractivity (Wildman–Crippen MR) is 87.0 cm³/mol. The number of hydrogen-bond acceptors (Lipinski definition) is 3. The molecular formula is C16H17BrN2O3. The molecule has 1 aromatic carbocycles. The second kappa shape index (κ2) is 7.26. The van der Waals surface area contributed by atoms with E-state index in [-0.39, 0.29) is 12.6 Å². The molecule has 22 heavy (non-hydrogen) atoms. The fraction of sp³-hybridized carbons (Fsp3) is 0.250. The van der Waals surface area contributed by atoms with E-state index in [0.717, 1.165) is 10.0 Å².